The number of hydrogen-bond donors (Lipinski definition) is 1. The lowest BCUT2D eigenvalue weighted by atomic mass is 9.94. The van der Waals surface area contributed by atoms with Crippen LogP contribution < -0.4 is 4.90 Å². The van der Waals surface area contributed by atoms with Gasteiger partial charge in [0.05, 0.1) is 24.3 Å². The van der Waals surface area contributed by atoms with Gasteiger partial charge in [0.25, 0.3) is 11.7 Å². The molecular weight excluding hydrogens is 420 g/mol. The number of anilines is 1. The average Bonchev–Trinajstić information content (AvgIpc) is 3.14. The summed E-state index contributed by atoms with van der Waals surface area (Å²) < 4.78 is 4.79. The molecule has 166 valence electrons. The lowest BCUT2D eigenvalue weighted by Gasteiger charge is -2.26. The van der Waals surface area contributed by atoms with E-state index in [0.29, 0.717) is 16.8 Å². The molecule has 2 heterocycles. The van der Waals surface area contributed by atoms with Crippen LogP contribution in [0.1, 0.15) is 40.0 Å². The maximum atomic E-state index is 13.2. The number of pyridine rings is 1. The van der Waals surface area contributed by atoms with Crippen LogP contribution in [0.4, 0.5) is 5.69 Å². The number of aliphatic hydroxyl groups is 1. The van der Waals surface area contributed by atoms with Crippen molar-refractivity contribution in [1.82, 2.24) is 4.98 Å². The van der Waals surface area contributed by atoms with Crippen molar-refractivity contribution in [2.24, 2.45) is 0 Å². The second kappa shape index (κ2) is 9.08. The molecule has 4 rings (SSSR count). The van der Waals surface area contributed by atoms with E-state index >= 15 is 0 Å². The normalized spacial score (nSPS) is 17.3. The first-order valence-electron chi connectivity index (χ1n) is 10.4. The smallest absolute Gasteiger partial charge is 0.337 e. The SMILES string of the molecule is CCc1ccc(C2/C(=C(\O)c3ccncc3)C(=O)C(=O)N2c2cccc(C(=O)OC)c2)cc1. The van der Waals surface area contributed by atoms with E-state index in [9.17, 15) is 19.5 Å². The summed E-state index contributed by atoms with van der Waals surface area (Å²) in [6.45, 7) is 2.03. The van der Waals surface area contributed by atoms with Gasteiger partial charge in [0.2, 0.25) is 0 Å². The van der Waals surface area contributed by atoms with Crippen LogP contribution in [0.3, 0.4) is 0 Å². The number of benzene rings is 2. The van der Waals surface area contributed by atoms with Crippen LogP contribution in [0.5, 0.6) is 0 Å². The molecule has 0 radical (unpaired) electrons. The first-order valence-corrected chi connectivity index (χ1v) is 10.4. The minimum atomic E-state index is -0.878. The zero-order valence-corrected chi connectivity index (χ0v) is 18.2. The first kappa shape index (κ1) is 22.0. The van der Waals surface area contributed by atoms with E-state index in [1.54, 1.807) is 30.3 Å². The van der Waals surface area contributed by atoms with E-state index in [4.69, 9.17) is 4.74 Å². The molecule has 1 amide bonds. The summed E-state index contributed by atoms with van der Waals surface area (Å²) in [6.07, 6.45) is 3.82. The van der Waals surface area contributed by atoms with Crippen LogP contribution in [0.25, 0.3) is 5.76 Å². The van der Waals surface area contributed by atoms with Crippen molar-refractivity contribution >= 4 is 29.1 Å². The fourth-order valence-corrected chi connectivity index (χ4v) is 3.92. The van der Waals surface area contributed by atoms with Gasteiger partial charge in [-0.05, 0) is 47.9 Å². The molecule has 3 aromatic rings. The number of nitrogens with zero attached hydrogens (tertiary/aromatic N) is 2. The Hall–Kier alpha value is -4.26. The number of amides is 1. The number of carbonyl (C=O) groups excluding carboxylic acids is 3. The third-order valence-electron chi connectivity index (χ3n) is 5.65. The van der Waals surface area contributed by atoms with Gasteiger partial charge in [-0.25, -0.2) is 4.79 Å². The molecule has 0 spiro atoms. The van der Waals surface area contributed by atoms with Gasteiger partial charge in [0.15, 0.2) is 0 Å². The summed E-state index contributed by atoms with van der Waals surface area (Å²) in [5.74, 6) is -2.45. The number of aromatic nitrogens is 1. The maximum absolute atomic E-state index is 13.2. The monoisotopic (exact) mass is 442 g/mol. The Labute approximate surface area is 191 Å². The number of rotatable bonds is 5. The standard InChI is InChI=1S/C26H22N2O5/c1-3-16-7-9-17(10-8-16)22-21(23(29)18-11-13-27-14-12-18)24(30)25(31)28(22)20-6-4-5-19(15-20)26(32)33-2/h4-15,22,29H,3H2,1-2H3/b23-21+. The van der Waals surface area contributed by atoms with E-state index in [2.05, 4.69) is 4.98 Å². The quantitative estimate of drug-likeness (QED) is 0.277. The van der Waals surface area contributed by atoms with Gasteiger partial charge >= 0.3 is 5.97 Å². The molecule has 1 aromatic heterocycles. The second-order valence-corrected chi connectivity index (χ2v) is 7.54. The third kappa shape index (κ3) is 4.01. The Kier molecular flexibility index (Phi) is 6.04. The number of ether oxygens (including phenoxy) is 1. The molecule has 0 saturated carbocycles. The molecule has 1 fully saturated rings. The molecular formula is C26H22N2O5. The molecule has 1 aliphatic heterocycles. The lowest BCUT2D eigenvalue weighted by molar-refractivity contribution is -0.132. The van der Waals surface area contributed by atoms with Crippen LogP contribution in [0, 0.1) is 0 Å². The van der Waals surface area contributed by atoms with Crippen LogP contribution >= 0.6 is 0 Å². The zero-order chi connectivity index (χ0) is 23.5. The van der Waals surface area contributed by atoms with Gasteiger partial charge in [-0.2, -0.15) is 0 Å². The van der Waals surface area contributed by atoms with Crippen molar-refractivity contribution in [2.45, 2.75) is 19.4 Å². The third-order valence-corrected chi connectivity index (χ3v) is 5.65. The summed E-state index contributed by atoms with van der Waals surface area (Å²) in [4.78, 5) is 43.7. The van der Waals surface area contributed by atoms with Gasteiger partial charge in [-0.1, -0.05) is 37.3 Å². The van der Waals surface area contributed by atoms with Gasteiger partial charge in [-0.3, -0.25) is 19.5 Å². The average molecular weight is 442 g/mol. The highest BCUT2D eigenvalue weighted by Gasteiger charge is 2.47. The van der Waals surface area contributed by atoms with E-state index in [1.165, 1.54) is 30.5 Å². The predicted molar refractivity (Wildman–Crippen MR) is 123 cm³/mol. The summed E-state index contributed by atoms with van der Waals surface area (Å²) in [5, 5.41) is 11.1. The zero-order valence-electron chi connectivity index (χ0n) is 18.2. The highest BCUT2D eigenvalue weighted by molar-refractivity contribution is 6.51. The fraction of sp³-hybridized carbons (Fsp3) is 0.154. The predicted octanol–water partition coefficient (Wildman–Crippen LogP) is 4.06. The van der Waals surface area contributed by atoms with Crippen molar-refractivity contribution in [3.05, 3.63) is 101 Å². The van der Waals surface area contributed by atoms with Gasteiger partial charge < -0.3 is 9.84 Å². The van der Waals surface area contributed by atoms with Gasteiger partial charge in [-0.15, -0.1) is 0 Å². The highest BCUT2D eigenvalue weighted by atomic mass is 16.5. The lowest BCUT2D eigenvalue weighted by Crippen LogP contribution is -2.29. The van der Waals surface area contributed by atoms with Gasteiger partial charge in [0, 0.05) is 23.6 Å². The Bertz CT molecular complexity index is 1250. The largest absolute Gasteiger partial charge is 0.507 e. The molecule has 7 nitrogen and oxygen atoms in total. The Morgan fingerprint density at radius 3 is 2.36 bits per heavy atom. The first-order chi connectivity index (χ1) is 16.0. The molecule has 33 heavy (non-hydrogen) atoms. The highest BCUT2D eigenvalue weighted by Crippen LogP contribution is 2.42. The Balaban J connectivity index is 1.92. The molecule has 1 unspecified atom stereocenters. The number of aliphatic hydroxyl groups excluding tert-OH is 1. The van der Waals surface area contributed by atoms with Crippen LogP contribution in [-0.4, -0.2) is 34.9 Å². The van der Waals surface area contributed by atoms with Gasteiger partial charge in [0.1, 0.15) is 5.76 Å². The minimum absolute atomic E-state index is 0.0288. The molecule has 0 aliphatic carbocycles. The second-order valence-electron chi connectivity index (χ2n) is 7.54. The number of hydrogen-bond acceptors (Lipinski definition) is 6. The maximum Gasteiger partial charge on any atom is 0.337 e. The summed E-state index contributed by atoms with van der Waals surface area (Å²) in [6, 6.07) is 16.1. The summed E-state index contributed by atoms with van der Waals surface area (Å²) >= 11 is 0. The van der Waals surface area contributed by atoms with Crippen molar-refractivity contribution in [3.63, 3.8) is 0 Å². The number of esters is 1. The van der Waals surface area contributed by atoms with Crippen LogP contribution in [0.15, 0.2) is 78.6 Å². The molecule has 7 heteroatoms. The van der Waals surface area contributed by atoms with Crippen molar-refractivity contribution in [3.8, 4) is 0 Å². The van der Waals surface area contributed by atoms with E-state index in [1.807, 2.05) is 31.2 Å². The summed E-state index contributed by atoms with van der Waals surface area (Å²) in [5.41, 5.74) is 2.69. The fourth-order valence-electron chi connectivity index (χ4n) is 3.92. The molecule has 1 saturated heterocycles. The number of Topliss-reactive ketones (excluding diaryl/α,β-unsaturated/α-hetero) is 1. The van der Waals surface area contributed by atoms with E-state index in [0.717, 1.165) is 12.0 Å². The van der Waals surface area contributed by atoms with E-state index in [-0.39, 0.29) is 16.9 Å². The number of carbonyl (C=O) groups is 3. The van der Waals surface area contributed by atoms with Crippen LogP contribution in [-0.2, 0) is 20.7 Å². The number of aryl methyl sites for hydroxylation is 1. The molecule has 1 aliphatic rings. The Morgan fingerprint density at radius 1 is 1.03 bits per heavy atom. The Morgan fingerprint density at radius 2 is 1.73 bits per heavy atom. The number of ketones is 1. The van der Waals surface area contributed by atoms with Crippen molar-refractivity contribution in [1.29, 1.82) is 0 Å². The van der Waals surface area contributed by atoms with Crippen molar-refractivity contribution < 1.29 is 24.2 Å². The van der Waals surface area contributed by atoms with E-state index < -0.39 is 23.7 Å². The minimum Gasteiger partial charge on any atom is -0.507 e. The van der Waals surface area contributed by atoms with Crippen molar-refractivity contribution in [2.75, 3.05) is 12.0 Å². The topological polar surface area (TPSA) is 96.8 Å². The van der Waals surface area contributed by atoms with Crippen LogP contribution in [0.2, 0.25) is 0 Å². The molecule has 1 N–H and O–H groups in total. The molecule has 2 aromatic carbocycles. The molecule has 1 atom stereocenters. The molecule has 0 bridgehead atoms. The summed E-state index contributed by atoms with van der Waals surface area (Å²) in [7, 11) is 1.27. The number of methoxy groups -OCH3 is 1.